The van der Waals surface area contributed by atoms with E-state index < -0.39 is 5.97 Å². The van der Waals surface area contributed by atoms with Crippen molar-refractivity contribution in [3.05, 3.63) is 27.9 Å². The molecule has 0 radical (unpaired) electrons. The molecule has 2 aromatic rings. The van der Waals surface area contributed by atoms with Gasteiger partial charge in [-0.05, 0) is 18.6 Å². The fraction of sp³-hybridized carbons (Fsp3) is 0.167. The Kier molecular flexibility index (Phi) is 3.48. The average Bonchev–Trinajstić information content (AvgIpc) is 2.83. The summed E-state index contributed by atoms with van der Waals surface area (Å²) >= 11 is 3.34. The number of rotatable bonds is 3. The summed E-state index contributed by atoms with van der Waals surface area (Å²) in [7, 11) is 1.42. The molecule has 0 saturated heterocycles. The topological polar surface area (TPSA) is 92.8 Å². The molecule has 0 aliphatic heterocycles. The number of aromatic carboxylic acids is 1. The first-order valence-corrected chi connectivity index (χ1v) is 6.01. The first kappa shape index (κ1) is 13.4. The van der Waals surface area contributed by atoms with Crippen LogP contribution in [0.1, 0.15) is 16.1 Å². The highest BCUT2D eigenvalue weighted by atomic mass is 79.9. The van der Waals surface area contributed by atoms with Gasteiger partial charge in [-0.3, -0.25) is 0 Å². The molecule has 0 fully saturated rings. The lowest BCUT2D eigenvalue weighted by Crippen LogP contribution is -1.94. The summed E-state index contributed by atoms with van der Waals surface area (Å²) in [6.07, 6.45) is 0. The summed E-state index contributed by atoms with van der Waals surface area (Å²) in [4.78, 5) is 10.8. The first-order valence-electron chi connectivity index (χ1n) is 5.22. The van der Waals surface area contributed by atoms with E-state index in [0.29, 0.717) is 15.6 Å². The van der Waals surface area contributed by atoms with Crippen LogP contribution in [0.2, 0.25) is 0 Å². The molecule has 100 valence electrons. The summed E-state index contributed by atoms with van der Waals surface area (Å²) in [5.74, 6) is -0.918. The number of phenolic OH excluding ortho intramolecular Hbond substituents is 1. The highest BCUT2D eigenvalue weighted by Crippen LogP contribution is 2.43. The van der Waals surface area contributed by atoms with E-state index in [1.165, 1.54) is 13.2 Å². The van der Waals surface area contributed by atoms with Crippen molar-refractivity contribution in [2.24, 2.45) is 0 Å². The highest BCUT2D eigenvalue weighted by molar-refractivity contribution is 9.10. The minimum absolute atomic E-state index is 0.128. The van der Waals surface area contributed by atoms with Gasteiger partial charge < -0.3 is 19.5 Å². The van der Waals surface area contributed by atoms with Gasteiger partial charge in [0.25, 0.3) is 0 Å². The van der Waals surface area contributed by atoms with Gasteiger partial charge in [0.1, 0.15) is 0 Å². The van der Waals surface area contributed by atoms with E-state index >= 15 is 0 Å². The van der Waals surface area contributed by atoms with E-state index in [0.717, 1.165) is 0 Å². The van der Waals surface area contributed by atoms with Crippen LogP contribution in [-0.4, -0.2) is 28.4 Å². The molecule has 1 heterocycles. The molecule has 0 bridgehead atoms. The molecule has 0 aliphatic carbocycles. The van der Waals surface area contributed by atoms with Crippen molar-refractivity contribution in [2.45, 2.75) is 6.92 Å². The lowest BCUT2D eigenvalue weighted by Gasteiger charge is -2.11. The molecule has 0 unspecified atom stereocenters. The van der Waals surface area contributed by atoms with Crippen molar-refractivity contribution in [2.75, 3.05) is 7.11 Å². The van der Waals surface area contributed by atoms with Crippen LogP contribution in [0.25, 0.3) is 11.3 Å². The molecular formula is C12H10BrNO5. The maximum Gasteiger partial charge on any atom is 0.358 e. The molecule has 6 nitrogen and oxygen atoms in total. The highest BCUT2D eigenvalue weighted by Gasteiger charge is 2.21. The Labute approximate surface area is 116 Å². The Morgan fingerprint density at radius 2 is 2.16 bits per heavy atom. The first-order chi connectivity index (χ1) is 8.95. The van der Waals surface area contributed by atoms with Crippen molar-refractivity contribution >= 4 is 21.9 Å². The van der Waals surface area contributed by atoms with Crippen molar-refractivity contribution in [3.8, 4) is 22.8 Å². The van der Waals surface area contributed by atoms with Gasteiger partial charge in [-0.25, -0.2) is 4.79 Å². The molecular weight excluding hydrogens is 318 g/mol. The number of hydrogen-bond donors (Lipinski definition) is 2. The zero-order chi connectivity index (χ0) is 14.2. The molecule has 7 heteroatoms. The zero-order valence-electron chi connectivity index (χ0n) is 10.1. The largest absolute Gasteiger partial charge is 0.504 e. The van der Waals surface area contributed by atoms with Crippen molar-refractivity contribution in [1.82, 2.24) is 5.16 Å². The molecule has 1 aromatic carbocycles. The minimum atomic E-state index is -1.20. The third kappa shape index (κ3) is 2.28. The Morgan fingerprint density at radius 1 is 1.47 bits per heavy atom. The minimum Gasteiger partial charge on any atom is -0.504 e. The molecule has 0 spiro atoms. The van der Waals surface area contributed by atoms with Crippen LogP contribution >= 0.6 is 15.9 Å². The monoisotopic (exact) mass is 327 g/mol. The van der Waals surface area contributed by atoms with Gasteiger partial charge in [0.15, 0.2) is 23.0 Å². The summed E-state index contributed by atoms with van der Waals surface area (Å²) in [6.45, 7) is 1.75. The number of carboxylic acids is 1. The number of methoxy groups -OCH3 is 1. The maximum absolute atomic E-state index is 10.8. The van der Waals surface area contributed by atoms with Gasteiger partial charge in [-0.15, -0.1) is 0 Å². The summed E-state index contributed by atoms with van der Waals surface area (Å²) < 4.78 is 10.7. The van der Waals surface area contributed by atoms with E-state index in [-0.39, 0.29) is 23.0 Å². The Hall–Kier alpha value is -2.02. The molecule has 0 amide bonds. The van der Waals surface area contributed by atoms with E-state index in [4.69, 9.17) is 14.4 Å². The number of phenols is 1. The van der Waals surface area contributed by atoms with E-state index in [1.807, 2.05) is 0 Å². The van der Waals surface area contributed by atoms with Crippen molar-refractivity contribution in [1.29, 1.82) is 0 Å². The summed E-state index contributed by atoms with van der Waals surface area (Å²) in [6, 6.07) is 2.86. The van der Waals surface area contributed by atoms with Crippen LogP contribution in [0, 0.1) is 6.92 Å². The van der Waals surface area contributed by atoms with Gasteiger partial charge in [0.05, 0.1) is 12.7 Å². The third-order valence-electron chi connectivity index (χ3n) is 2.66. The molecule has 19 heavy (non-hydrogen) atoms. The Bertz CT molecular complexity index is 650. The van der Waals surface area contributed by atoms with Crippen LogP contribution in [0.15, 0.2) is 21.1 Å². The predicted octanol–water partition coefficient (Wildman–Crippen LogP) is 2.82. The smallest absolute Gasteiger partial charge is 0.358 e. The number of aromatic hydroxyl groups is 1. The summed E-state index contributed by atoms with van der Waals surface area (Å²) in [5, 5.41) is 22.4. The van der Waals surface area contributed by atoms with Crippen LogP contribution < -0.4 is 4.74 Å². The molecule has 0 atom stereocenters. The molecule has 2 N–H and O–H groups in total. The van der Waals surface area contributed by atoms with Gasteiger partial charge in [-0.2, -0.15) is 0 Å². The van der Waals surface area contributed by atoms with Gasteiger partial charge >= 0.3 is 5.97 Å². The van der Waals surface area contributed by atoms with Gasteiger partial charge in [0.2, 0.25) is 0 Å². The number of carboxylic acid groups (broad SMARTS) is 1. The number of ether oxygens (including phenoxy) is 1. The Morgan fingerprint density at radius 3 is 2.68 bits per heavy atom. The van der Waals surface area contributed by atoms with Crippen LogP contribution in [0.3, 0.4) is 0 Å². The summed E-state index contributed by atoms with van der Waals surface area (Å²) in [5.41, 5.74) is 0.797. The van der Waals surface area contributed by atoms with Crippen LogP contribution in [0.5, 0.6) is 11.5 Å². The van der Waals surface area contributed by atoms with Crippen molar-refractivity contribution < 1.29 is 24.3 Å². The molecule has 0 saturated carbocycles. The second kappa shape index (κ2) is 4.93. The fourth-order valence-electron chi connectivity index (χ4n) is 1.66. The van der Waals surface area contributed by atoms with Crippen molar-refractivity contribution in [3.63, 3.8) is 0 Å². The normalized spacial score (nSPS) is 10.5. The second-order valence-electron chi connectivity index (χ2n) is 3.79. The third-order valence-corrected chi connectivity index (χ3v) is 3.48. The molecule has 0 aliphatic rings. The number of nitrogens with zero attached hydrogens (tertiary/aromatic N) is 1. The zero-order valence-corrected chi connectivity index (χ0v) is 11.7. The van der Waals surface area contributed by atoms with E-state index in [1.54, 1.807) is 13.0 Å². The number of hydrogen-bond acceptors (Lipinski definition) is 5. The predicted molar refractivity (Wildman–Crippen MR) is 69.6 cm³/mol. The van der Waals surface area contributed by atoms with E-state index in [2.05, 4.69) is 21.1 Å². The van der Waals surface area contributed by atoms with E-state index in [9.17, 15) is 9.90 Å². The van der Waals surface area contributed by atoms with Crippen LogP contribution in [-0.2, 0) is 0 Å². The number of carbonyl (C=O) groups is 1. The van der Waals surface area contributed by atoms with Crippen LogP contribution in [0.4, 0.5) is 0 Å². The lowest BCUT2D eigenvalue weighted by atomic mass is 10.0. The number of aromatic nitrogens is 1. The Balaban J connectivity index is 2.66. The second-order valence-corrected chi connectivity index (χ2v) is 4.65. The average molecular weight is 328 g/mol. The van der Waals surface area contributed by atoms with Gasteiger partial charge in [-0.1, -0.05) is 21.1 Å². The van der Waals surface area contributed by atoms with Gasteiger partial charge in [0, 0.05) is 10.5 Å². The molecule has 2 rings (SSSR count). The quantitative estimate of drug-likeness (QED) is 0.900. The number of halogens is 1. The lowest BCUT2D eigenvalue weighted by molar-refractivity contribution is 0.0686. The standard InChI is InChI=1S/C12H10BrNO5/c1-5-6(13)3-9(18-2)11(15)10(5)8-4-7(12(16)17)14-19-8/h3-4,15H,1-2H3,(H,16,17). The maximum atomic E-state index is 10.8. The molecule has 1 aromatic heterocycles. The SMILES string of the molecule is COc1cc(Br)c(C)c(-c2cc(C(=O)O)no2)c1O. The number of benzene rings is 1. The fourth-order valence-corrected chi connectivity index (χ4v) is 2.07.